The zero-order valence-corrected chi connectivity index (χ0v) is 10.4. The third kappa shape index (κ3) is 3.31. The molecule has 0 saturated carbocycles. The van der Waals surface area contributed by atoms with Gasteiger partial charge in [-0.05, 0) is 37.5 Å². The molecule has 0 spiro atoms. The highest BCUT2D eigenvalue weighted by molar-refractivity contribution is 5.48. The van der Waals surface area contributed by atoms with E-state index in [2.05, 4.69) is 48.4 Å². The van der Waals surface area contributed by atoms with Gasteiger partial charge in [0.05, 0.1) is 0 Å². The van der Waals surface area contributed by atoms with Crippen molar-refractivity contribution >= 4 is 5.69 Å². The lowest BCUT2D eigenvalue weighted by Gasteiger charge is -2.09. The van der Waals surface area contributed by atoms with Crippen molar-refractivity contribution in [3.8, 4) is 0 Å². The van der Waals surface area contributed by atoms with Gasteiger partial charge < -0.3 is 5.32 Å². The van der Waals surface area contributed by atoms with E-state index < -0.39 is 0 Å². The van der Waals surface area contributed by atoms with E-state index >= 15 is 0 Å². The molecule has 1 N–H and O–H groups in total. The summed E-state index contributed by atoms with van der Waals surface area (Å²) in [6.07, 6.45) is 4.75. The van der Waals surface area contributed by atoms with Crippen LogP contribution in [0.25, 0.3) is 0 Å². The summed E-state index contributed by atoms with van der Waals surface area (Å²) in [6.45, 7) is 5.15. The molecular weight excluding hydrogens is 208 g/mol. The largest absolute Gasteiger partial charge is 0.384 e. The Bertz CT molecular complexity index is 492. The minimum Gasteiger partial charge on any atom is -0.384 e. The molecule has 2 aromatic rings. The highest BCUT2D eigenvalue weighted by Crippen LogP contribution is 2.12. The minimum absolute atomic E-state index is 0.953. The maximum atomic E-state index is 4.08. The van der Waals surface area contributed by atoms with Crippen molar-refractivity contribution in [3.05, 3.63) is 59.4 Å². The van der Waals surface area contributed by atoms with Crippen LogP contribution in [0.1, 0.15) is 16.7 Å². The molecule has 0 aliphatic heterocycles. The normalized spacial score (nSPS) is 10.2. The van der Waals surface area contributed by atoms with Crippen LogP contribution in [0.4, 0.5) is 5.69 Å². The van der Waals surface area contributed by atoms with Crippen LogP contribution in [0.15, 0.2) is 42.7 Å². The van der Waals surface area contributed by atoms with Crippen molar-refractivity contribution in [1.82, 2.24) is 4.98 Å². The van der Waals surface area contributed by atoms with E-state index in [1.807, 2.05) is 18.5 Å². The van der Waals surface area contributed by atoms with Crippen LogP contribution in [0.3, 0.4) is 0 Å². The Morgan fingerprint density at radius 2 is 2.06 bits per heavy atom. The summed E-state index contributed by atoms with van der Waals surface area (Å²) >= 11 is 0. The molecule has 0 aliphatic rings. The SMILES string of the molecule is Cc1cccc(CCNc2ccncc2C)c1. The molecule has 17 heavy (non-hydrogen) atoms. The Kier molecular flexibility index (Phi) is 3.76. The van der Waals surface area contributed by atoms with E-state index in [4.69, 9.17) is 0 Å². The molecule has 0 fully saturated rings. The van der Waals surface area contributed by atoms with Gasteiger partial charge in [-0.15, -0.1) is 0 Å². The third-order valence-electron chi connectivity index (χ3n) is 2.83. The van der Waals surface area contributed by atoms with Crippen molar-refractivity contribution < 1.29 is 0 Å². The summed E-state index contributed by atoms with van der Waals surface area (Å²) in [6, 6.07) is 10.7. The Balaban J connectivity index is 1.90. The molecule has 1 aromatic heterocycles. The number of nitrogens with one attached hydrogen (secondary N) is 1. The van der Waals surface area contributed by atoms with Gasteiger partial charge in [-0.25, -0.2) is 0 Å². The van der Waals surface area contributed by atoms with Crippen LogP contribution in [0.2, 0.25) is 0 Å². The number of anilines is 1. The summed E-state index contributed by atoms with van der Waals surface area (Å²) < 4.78 is 0. The van der Waals surface area contributed by atoms with E-state index in [1.165, 1.54) is 22.4 Å². The topological polar surface area (TPSA) is 24.9 Å². The van der Waals surface area contributed by atoms with Crippen molar-refractivity contribution in [3.63, 3.8) is 0 Å². The zero-order chi connectivity index (χ0) is 12.1. The second-order valence-corrected chi connectivity index (χ2v) is 4.36. The maximum Gasteiger partial charge on any atom is 0.0400 e. The summed E-state index contributed by atoms with van der Waals surface area (Å²) in [5.74, 6) is 0. The number of aromatic nitrogens is 1. The van der Waals surface area contributed by atoms with Gasteiger partial charge in [0.2, 0.25) is 0 Å². The highest BCUT2D eigenvalue weighted by atomic mass is 14.9. The maximum absolute atomic E-state index is 4.08. The molecule has 88 valence electrons. The second-order valence-electron chi connectivity index (χ2n) is 4.36. The van der Waals surface area contributed by atoms with Gasteiger partial charge in [0, 0.05) is 24.6 Å². The summed E-state index contributed by atoms with van der Waals surface area (Å²) in [7, 11) is 0. The lowest BCUT2D eigenvalue weighted by atomic mass is 10.1. The van der Waals surface area contributed by atoms with Crippen LogP contribution in [-0.4, -0.2) is 11.5 Å². The number of hydrogen-bond donors (Lipinski definition) is 1. The third-order valence-corrected chi connectivity index (χ3v) is 2.83. The number of aryl methyl sites for hydroxylation is 2. The van der Waals surface area contributed by atoms with Gasteiger partial charge in [-0.2, -0.15) is 0 Å². The molecule has 0 saturated heterocycles. The Morgan fingerprint density at radius 3 is 2.82 bits per heavy atom. The van der Waals surface area contributed by atoms with E-state index in [9.17, 15) is 0 Å². The van der Waals surface area contributed by atoms with Gasteiger partial charge in [0.1, 0.15) is 0 Å². The fourth-order valence-electron chi connectivity index (χ4n) is 1.88. The molecule has 2 nitrogen and oxygen atoms in total. The number of pyridine rings is 1. The molecule has 1 aromatic carbocycles. The van der Waals surface area contributed by atoms with E-state index in [-0.39, 0.29) is 0 Å². The van der Waals surface area contributed by atoms with Crippen LogP contribution in [0.5, 0.6) is 0 Å². The summed E-state index contributed by atoms with van der Waals surface area (Å²) in [4.78, 5) is 4.08. The van der Waals surface area contributed by atoms with Crippen molar-refractivity contribution in [1.29, 1.82) is 0 Å². The lowest BCUT2D eigenvalue weighted by molar-refractivity contribution is 1.01. The number of rotatable bonds is 4. The first-order valence-corrected chi connectivity index (χ1v) is 5.96. The monoisotopic (exact) mass is 226 g/mol. The molecule has 2 rings (SSSR count). The summed E-state index contributed by atoms with van der Waals surface area (Å²) in [5.41, 5.74) is 5.07. The van der Waals surface area contributed by atoms with Crippen LogP contribution < -0.4 is 5.32 Å². The average Bonchev–Trinajstić information content (AvgIpc) is 2.32. The molecular formula is C15H18N2. The molecule has 0 amide bonds. The van der Waals surface area contributed by atoms with Gasteiger partial charge in [0.15, 0.2) is 0 Å². The minimum atomic E-state index is 0.953. The predicted molar refractivity (Wildman–Crippen MR) is 72.3 cm³/mol. The first-order valence-electron chi connectivity index (χ1n) is 5.96. The van der Waals surface area contributed by atoms with Gasteiger partial charge in [-0.3, -0.25) is 4.98 Å². The van der Waals surface area contributed by atoms with Crippen molar-refractivity contribution in [2.24, 2.45) is 0 Å². The molecule has 1 heterocycles. The lowest BCUT2D eigenvalue weighted by Crippen LogP contribution is -2.06. The number of nitrogens with zero attached hydrogens (tertiary/aromatic N) is 1. The molecule has 0 radical (unpaired) electrons. The first-order chi connectivity index (χ1) is 8.25. The molecule has 0 aliphatic carbocycles. The predicted octanol–water partition coefficient (Wildman–Crippen LogP) is 3.35. The highest BCUT2D eigenvalue weighted by Gasteiger charge is 1.97. The average molecular weight is 226 g/mol. The second kappa shape index (κ2) is 5.48. The van der Waals surface area contributed by atoms with Crippen LogP contribution in [-0.2, 0) is 6.42 Å². The molecule has 0 unspecified atom stereocenters. The molecule has 0 atom stereocenters. The fraction of sp³-hybridized carbons (Fsp3) is 0.267. The summed E-state index contributed by atoms with van der Waals surface area (Å²) in [5, 5.41) is 3.44. The quantitative estimate of drug-likeness (QED) is 0.864. The number of hydrogen-bond acceptors (Lipinski definition) is 2. The Hall–Kier alpha value is -1.83. The van der Waals surface area contributed by atoms with Crippen molar-refractivity contribution in [2.75, 3.05) is 11.9 Å². The zero-order valence-electron chi connectivity index (χ0n) is 10.4. The molecule has 2 heteroatoms. The van der Waals surface area contributed by atoms with E-state index in [0.717, 1.165) is 13.0 Å². The smallest absolute Gasteiger partial charge is 0.0400 e. The first kappa shape index (κ1) is 11.6. The van der Waals surface area contributed by atoms with Crippen molar-refractivity contribution in [2.45, 2.75) is 20.3 Å². The Morgan fingerprint density at radius 1 is 1.18 bits per heavy atom. The standard InChI is InChI=1S/C15H18N2/c1-12-4-3-5-14(10-12)6-9-17-15-7-8-16-11-13(15)2/h3-5,7-8,10-11H,6,9H2,1-2H3,(H,16,17). The van der Waals surface area contributed by atoms with Gasteiger partial charge >= 0.3 is 0 Å². The Labute approximate surface area is 103 Å². The van der Waals surface area contributed by atoms with E-state index in [1.54, 1.807) is 0 Å². The van der Waals surface area contributed by atoms with Crippen LogP contribution in [0, 0.1) is 13.8 Å². The molecule has 0 bridgehead atoms. The van der Waals surface area contributed by atoms with Gasteiger partial charge in [0.25, 0.3) is 0 Å². The van der Waals surface area contributed by atoms with Gasteiger partial charge in [-0.1, -0.05) is 29.8 Å². The van der Waals surface area contributed by atoms with Crippen LogP contribution >= 0.6 is 0 Å². The van der Waals surface area contributed by atoms with E-state index in [0.29, 0.717) is 0 Å². The number of benzene rings is 1. The fourth-order valence-corrected chi connectivity index (χ4v) is 1.88.